The highest BCUT2D eigenvalue weighted by molar-refractivity contribution is 14.0. The minimum Gasteiger partial charge on any atom is -0.357 e. The number of amides is 1. The second-order valence-electron chi connectivity index (χ2n) is 6.83. The number of thioether (sulfide) groups is 1. The normalized spacial score (nSPS) is 19.6. The summed E-state index contributed by atoms with van der Waals surface area (Å²) in [5.41, 5.74) is 0. The number of halogens is 1. The summed E-state index contributed by atoms with van der Waals surface area (Å²) < 4.78 is 0. The summed E-state index contributed by atoms with van der Waals surface area (Å²) in [6.45, 7) is 15.2. The smallest absolute Gasteiger partial charge is 0.239 e. The Labute approximate surface area is 186 Å². The van der Waals surface area contributed by atoms with Crippen molar-refractivity contribution >= 4 is 47.6 Å². The lowest BCUT2D eigenvalue weighted by atomic mass is 10.2. The van der Waals surface area contributed by atoms with Crippen LogP contribution < -0.4 is 5.32 Å². The van der Waals surface area contributed by atoms with Crippen molar-refractivity contribution in [2.45, 2.75) is 32.7 Å². The predicted molar refractivity (Wildman–Crippen MR) is 127 cm³/mol. The third-order valence-electron chi connectivity index (χ3n) is 5.00. The molecule has 0 aliphatic carbocycles. The summed E-state index contributed by atoms with van der Waals surface area (Å²) in [6, 6.07) is -0.00919. The van der Waals surface area contributed by atoms with Gasteiger partial charge in [-0.1, -0.05) is 6.08 Å². The first-order valence-corrected chi connectivity index (χ1v) is 11.1. The number of rotatable bonds is 8. The van der Waals surface area contributed by atoms with E-state index in [0.717, 1.165) is 82.7 Å². The molecule has 1 unspecified atom stereocenters. The van der Waals surface area contributed by atoms with E-state index in [1.807, 2.05) is 22.7 Å². The Morgan fingerprint density at radius 1 is 1.19 bits per heavy atom. The second-order valence-corrected chi connectivity index (χ2v) is 7.98. The third-order valence-corrected chi connectivity index (χ3v) is 5.95. The van der Waals surface area contributed by atoms with Gasteiger partial charge in [-0.05, 0) is 26.7 Å². The zero-order valence-electron chi connectivity index (χ0n) is 16.9. The fourth-order valence-corrected chi connectivity index (χ4v) is 4.04. The molecule has 8 heteroatoms. The van der Waals surface area contributed by atoms with Crippen LogP contribution in [0.25, 0.3) is 0 Å². The maximum Gasteiger partial charge on any atom is 0.239 e. The molecule has 2 aliphatic rings. The molecule has 0 saturated carbocycles. The maximum absolute atomic E-state index is 12.6. The molecule has 2 saturated heterocycles. The number of nitrogens with one attached hydrogen (secondary N) is 1. The molecule has 0 bridgehead atoms. The number of piperazine rings is 1. The Morgan fingerprint density at radius 3 is 2.44 bits per heavy atom. The number of guanidine groups is 1. The number of carbonyl (C=O) groups is 1. The molecule has 0 aromatic heterocycles. The Balaban J connectivity index is 0.00000364. The van der Waals surface area contributed by atoms with Crippen molar-refractivity contribution in [1.82, 2.24) is 20.0 Å². The van der Waals surface area contributed by atoms with Gasteiger partial charge in [0.05, 0.1) is 12.6 Å². The van der Waals surface area contributed by atoms with E-state index in [9.17, 15) is 4.79 Å². The van der Waals surface area contributed by atoms with Gasteiger partial charge in [0, 0.05) is 57.3 Å². The monoisotopic (exact) mass is 509 g/mol. The van der Waals surface area contributed by atoms with Gasteiger partial charge in [-0.25, -0.2) is 0 Å². The topological polar surface area (TPSA) is 51.2 Å². The van der Waals surface area contributed by atoms with Crippen molar-refractivity contribution in [3.63, 3.8) is 0 Å². The fourth-order valence-electron chi connectivity index (χ4n) is 3.49. The minimum absolute atomic E-state index is 0. The molecule has 1 amide bonds. The molecule has 0 aromatic carbocycles. The number of likely N-dealkylation sites (tertiary alicyclic amines) is 1. The van der Waals surface area contributed by atoms with Crippen LogP contribution >= 0.6 is 35.7 Å². The van der Waals surface area contributed by atoms with Gasteiger partial charge in [-0.15, -0.1) is 30.6 Å². The summed E-state index contributed by atoms with van der Waals surface area (Å²) in [5, 5.41) is 3.41. The summed E-state index contributed by atoms with van der Waals surface area (Å²) >= 11 is 1.86. The molecule has 2 heterocycles. The lowest BCUT2D eigenvalue weighted by Gasteiger charge is -2.39. The second kappa shape index (κ2) is 13.7. The SMILES string of the molecule is C=CCSCCN=C(NCC)N1CCN(C(C)C(=O)N2CCCC2)CC1.I. The quantitative estimate of drug-likeness (QED) is 0.179. The van der Waals surface area contributed by atoms with Crippen molar-refractivity contribution in [2.24, 2.45) is 4.99 Å². The molecule has 1 atom stereocenters. The van der Waals surface area contributed by atoms with Gasteiger partial charge in [-0.2, -0.15) is 11.8 Å². The highest BCUT2D eigenvalue weighted by Crippen LogP contribution is 2.14. The lowest BCUT2D eigenvalue weighted by Crippen LogP contribution is -2.57. The molecule has 156 valence electrons. The molecule has 2 aliphatic heterocycles. The molecule has 0 aromatic rings. The third kappa shape index (κ3) is 7.81. The molecule has 0 radical (unpaired) electrons. The van der Waals surface area contributed by atoms with Gasteiger partial charge >= 0.3 is 0 Å². The Kier molecular flexibility index (Phi) is 12.4. The first kappa shape index (κ1) is 24.6. The van der Waals surface area contributed by atoms with Crippen LogP contribution in [0.2, 0.25) is 0 Å². The average molecular weight is 510 g/mol. The van der Waals surface area contributed by atoms with Gasteiger partial charge in [0.25, 0.3) is 0 Å². The number of nitrogens with zero attached hydrogens (tertiary/aromatic N) is 4. The van der Waals surface area contributed by atoms with E-state index in [-0.39, 0.29) is 30.0 Å². The zero-order chi connectivity index (χ0) is 18.8. The van der Waals surface area contributed by atoms with Crippen LogP contribution in [-0.4, -0.2) is 96.5 Å². The maximum atomic E-state index is 12.6. The standard InChI is InChI=1S/C19H35N5OS.HI/c1-4-15-26-16-8-21-19(20-5-2)24-13-11-22(12-14-24)17(3)18(25)23-9-6-7-10-23;/h4,17H,1,5-16H2,2-3H3,(H,20,21);1H. The van der Waals surface area contributed by atoms with E-state index in [1.54, 1.807) is 0 Å². The zero-order valence-corrected chi connectivity index (χ0v) is 20.0. The van der Waals surface area contributed by atoms with Crippen LogP contribution in [0.3, 0.4) is 0 Å². The summed E-state index contributed by atoms with van der Waals surface area (Å²) in [5.74, 6) is 3.30. The highest BCUT2D eigenvalue weighted by atomic mass is 127. The van der Waals surface area contributed by atoms with Crippen LogP contribution in [0.15, 0.2) is 17.6 Å². The van der Waals surface area contributed by atoms with E-state index >= 15 is 0 Å². The van der Waals surface area contributed by atoms with Gasteiger partial charge in [0.1, 0.15) is 0 Å². The van der Waals surface area contributed by atoms with Gasteiger partial charge < -0.3 is 15.1 Å². The van der Waals surface area contributed by atoms with Crippen LogP contribution in [-0.2, 0) is 4.79 Å². The molecule has 0 spiro atoms. The Bertz CT molecular complexity index is 477. The molecular weight excluding hydrogens is 473 g/mol. The summed E-state index contributed by atoms with van der Waals surface area (Å²) in [4.78, 5) is 24.1. The molecule has 2 rings (SSSR count). The minimum atomic E-state index is -0.00919. The van der Waals surface area contributed by atoms with Crippen molar-refractivity contribution in [3.05, 3.63) is 12.7 Å². The highest BCUT2D eigenvalue weighted by Gasteiger charge is 2.30. The number of carbonyl (C=O) groups excluding carboxylic acids is 1. The number of hydrogen-bond donors (Lipinski definition) is 1. The van der Waals surface area contributed by atoms with Crippen molar-refractivity contribution in [3.8, 4) is 0 Å². The van der Waals surface area contributed by atoms with Crippen LogP contribution in [0.4, 0.5) is 0 Å². The van der Waals surface area contributed by atoms with Crippen LogP contribution in [0.5, 0.6) is 0 Å². The van der Waals surface area contributed by atoms with Crippen molar-refractivity contribution in [2.75, 3.05) is 63.9 Å². The summed E-state index contributed by atoms with van der Waals surface area (Å²) in [7, 11) is 0. The van der Waals surface area contributed by atoms with E-state index in [0.29, 0.717) is 5.91 Å². The fraction of sp³-hybridized carbons (Fsp3) is 0.789. The van der Waals surface area contributed by atoms with E-state index in [4.69, 9.17) is 4.99 Å². The largest absolute Gasteiger partial charge is 0.357 e. The van der Waals surface area contributed by atoms with Crippen molar-refractivity contribution in [1.29, 1.82) is 0 Å². The molecular formula is C19H36IN5OS. The van der Waals surface area contributed by atoms with E-state index in [1.165, 1.54) is 0 Å². The Hall–Kier alpha value is -0.480. The molecule has 27 heavy (non-hydrogen) atoms. The first-order valence-electron chi connectivity index (χ1n) is 9.92. The molecule has 6 nitrogen and oxygen atoms in total. The predicted octanol–water partition coefficient (Wildman–Crippen LogP) is 2.12. The van der Waals surface area contributed by atoms with E-state index < -0.39 is 0 Å². The molecule has 1 N–H and O–H groups in total. The molecule has 2 fully saturated rings. The lowest BCUT2D eigenvalue weighted by molar-refractivity contribution is -0.135. The first-order chi connectivity index (χ1) is 12.7. The number of hydrogen-bond acceptors (Lipinski definition) is 4. The van der Waals surface area contributed by atoms with Gasteiger partial charge in [0.2, 0.25) is 5.91 Å². The Morgan fingerprint density at radius 2 is 1.85 bits per heavy atom. The van der Waals surface area contributed by atoms with Gasteiger partial charge in [-0.3, -0.25) is 14.7 Å². The van der Waals surface area contributed by atoms with Crippen LogP contribution in [0, 0.1) is 0 Å². The average Bonchev–Trinajstić information content (AvgIpc) is 3.21. The number of aliphatic imine (C=N–C) groups is 1. The summed E-state index contributed by atoms with van der Waals surface area (Å²) in [6.07, 6.45) is 4.24. The van der Waals surface area contributed by atoms with Crippen LogP contribution in [0.1, 0.15) is 26.7 Å². The van der Waals surface area contributed by atoms with E-state index in [2.05, 4.69) is 35.5 Å². The van der Waals surface area contributed by atoms with Crippen molar-refractivity contribution < 1.29 is 4.79 Å². The van der Waals surface area contributed by atoms with Gasteiger partial charge in [0.15, 0.2) is 5.96 Å².